The van der Waals surface area contributed by atoms with E-state index in [2.05, 4.69) is 28.9 Å². The third-order valence-corrected chi connectivity index (χ3v) is 6.25. The van der Waals surface area contributed by atoms with Gasteiger partial charge in [-0.05, 0) is 79.4 Å². The molecule has 0 aliphatic carbocycles. The highest BCUT2D eigenvalue weighted by Gasteiger charge is 2.18. The molecule has 0 bridgehead atoms. The van der Waals surface area contributed by atoms with Gasteiger partial charge in [0.2, 0.25) is 0 Å². The number of sulfonamides is 1. The van der Waals surface area contributed by atoms with Crippen molar-refractivity contribution in [2.24, 2.45) is 0 Å². The van der Waals surface area contributed by atoms with E-state index in [-0.39, 0.29) is 16.6 Å². The minimum absolute atomic E-state index is 0.0613. The first-order valence-corrected chi connectivity index (χ1v) is 11.8. The predicted octanol–water partition coefficient (Wildman–Crippen LogP) is 4.72. The van der Waals surface area contributed by atoms with Crippen LogP contribution in [0.1, 0.15) is 37.8 Å². The highest BCUT2D eigenvalue weighted by Crippen LogP contribution is 2.24. The van der Waals surface area contributed by atoms with Crippen LogP contribution < -0.4 is 14.8 Å². The fourth-order valence-corrected chi connectivity index (χ4v) is 4.22. The summed E-state index contributed by atoms with van der Waals surface area (Å²) < 4.78 is 33.2. The molecule has 7 nitrogen and oxygen atoms in total. The summed E-state index contributed by atoms with van der Waals surface area (Å²) >= 11 is 0. The Balaban J connectivity index is 1.62. The molecule has 1 aromatic heterocycles. The summed E-state index contributed by atoms with van der Waals surface area (Å²) in [6, 6.07) is 16.6. The summed E-state index contributed by atoms with van der Waals surface area (Å²) in [7, 11) is -3.78. The Morgan fingerprint density at radius 2 is 1.72 bits per heavy atom. The maximum Gasteiger partial charge on any atom is 0.265 e. The normalized spacial score (nSPS) is 12.3. The van der Waals surface area contributed by atoms with Gasteiger partial charge in [-0.2, -0.15) is 0 Å². The lowest BCUT2D eigenvalue weighted by Gasteiger charge is -2.17. The van der Waals surface area contributed by atoms with Crippen LogP contribution >= 0.6 is 0 Å². The number of aryl methyl sites for hydroxylation is 1. The van der Waals surface area contributed by atoms with Gasteiger partial charge in [0.15, 0.2) is 6.10 Å². The van der Waals surface area contributed by atoms with Gasteiger partial charge >= 0.3 is 0 Å². The fourth-order valence-electron chi connectivity index (χ4n) is 3.21. The number of amides is 1. The summed E-state index contributed by atoms with van der Waals surface area (Å²) in [6.07, 6.45) is 0.772. The number of hydrogen-bond donors (Lipinski definition) is 2. The van der Waals surface area contributed by atoms with E-state index in [9.17, 15) is 13.2 Å². The molecule has 8 heteroatoms. The molecule has 168 valence electrons. The number of carbonyl (C=O) groups excluding carboxylic acids is 1. The van der Waals surface area contributed by atoms with Crippen LogP contribution in [0.5, 0.6) is 5.75 Å². The molecular weight excluding hydrogens is 426 g/mol. The number of pyridine rings is 1. The molecule has 0 aliphatic heterocycles. The largest absolute Gasteiger partial charge is 0.481 e. The lowest BCUT2D eigenvalue weighted by Crippen LogP contribution is -2.30. The molecule has 0 aliphatic rings. The zero-order valence-corrected chi connectivity index (χ0v) is 19.3. The molecule has 0 radical (unpaired) electrons. The molecule has 3 aromatic rings. The molecule has 0 saturated heterocycles. The van der Waals surface area contributed by atoms with Gasteiger partial charge in [-0.1, -0.05) is 26.0 Å². The molecule has 32 heavy (non-hydrogen) atoms. The third-order valence-electron chi connectivity index (χ3n) is 4.88. The number of nitrogens with zero attached hydrogens (tertiary/aromatic N) is 1. The minimum Gasteiger partial charge on any atom is -0.481 e. The molecule has 1 unspecified atom stereocenters. The fraction of sp³-hybridized carbons (Fsp3) is 0.250. The molecular formula is C24H27N3O4S. The summed E-state index contributed by atoms with van der Waals surface area (Å²) in [5.74, 6) is 0.928. The number of rotatable bonds is 8. The smallest absolute Gasteiger partial charge is 0.265 e. The van der Waals surface area contributed by atoms with Crippen molar-refractivity contribution in [3.63, 3.8) is 0 Å². The van der Waals surface area contributed by atoms with Crippen LogP contribution in [-0.4, -0.2) is 25.4 Å². The first-order chi connectivity index (χ1) is 15.2. The summed E-state index contributed by atoms with van der Waals surface area (Å²) in [6.45, 7) is 7.94. The maximum atomic E-state index is 12.5. The molecule has 1 heterocycles. The van der Waals surface area contributed by atoms with Crippen molar-refractivity contribution in [1.29, 1.82) is 0 Å². The van der Waals surface area contributed by atoms with Gasteiger partial charge < -0.3 is 10.1 Å². The second-order valence-corrected chi connectivity index (χ2v) is 9.45. The molecule has 3 rings (SSSR count). The van der Waals surface area contributed by atoms with Crippen LogP contribution in [0.4, 0.5) is 11.5 Å². The lowest BCUT2D eigenvalue weighted by molar-refractivity contribution is -0.122. The monoisotopic (exact) mass is 453 g/mol. The van der Waals surface area contributed by atoms with E-state index in [0.29, 0.717) is 17.4 Å². The van der Waals surface area contributed by atoms with Gasteiger partial charge in [-0.3, -0.25) is 9.52 Å². The van der Waals surface area contributed by atoms with Crippen LogP contribution in [0.3, 0.4) is 0 Å². The minimum atomic E-state index is -3.78. The van der Waals surface area contributed by atoms with Crippen LogP contribution in [0, 0.1) is 6.92 Å². The molecule has 0 fully saturated rings. The van der Waals surface area contributed by atoms with E-state index in [1.54, 1.807) is 25.1 Å². The van der Waals surface area contributed by atoms with E-state index < -0.39 is 16.1 Å². The topological polar surface area (TPSA) is 97.4 Å². The Labute approximate surface area is 188 Å². The predicted molar refractivity (Wildman–Crippen MR) is 125 cm³/mol. The lowest BCUT2D eigenvalue weighted by atomic mass is 9.98. The first kappa shape index (κ1) is 23.3. The van der Waals surface area contributed by atoms with Gasteiger partial charge in [0.1, 0.15) is 11.6 Å². The van der Waals surface area contributed by atoms with Crippen LogP contribution in [0.15, 0.2) is 71.8 Å². The highest BCUT2D eigenvalue weighted by atomic mass is 32.2. The quantitative estimate of drug-likeness (QED) is 0.514. The van der Waals surface area contributed by atoms with Gasteiger partial charge in [0.05, 0.1) is 4.90 Å². The zero-order chi connectivity index (χ0) is 23.3. The Morgan fingerprint density at radius 3 is 2.31 bits per heavy atom. The van der Waals surface area contributed by atoms with Crippen molar-refractivity contribution in [3.05, 3.63) is 78.0 Å². The van der Waals surface area contributed by atoms with Crippen LogP contribution in [-0.2, 0) is 14.8 Å². The molecule has 2 N–H and O–H groups in total. The summed E-state index contributed by atoms with van der Waals surface area (Å²) in [4.78, 5) is 16.5. The SMILES string of the molecule is Cc1cc(OC(C)C(=O)Nc2ccc(S(=O)(=O)Nc3ccccn3)cc2)ccc1C(C)C. The molecule has 1 atom stereocenters. The van der Waals surface area contributed by atoms with Crippen molar-refractivity contribution < 1.29 is 17.9 Å². The summed E-state index contributed by atoms with van der Waals surface area (Å²) in [5, 5.41) is 2.74. The maximum absolute atomic E-state index is 12.5. The number of ether oxygens (including phenoxy) is 1. The second-order valence-electron chi connectivity index (χ2n) is 7.77. The van der Waals surface area contributed by atoms with Gasteiger partial charge in [0.25, 0.3) is 15.9 Å². The van der Waals surface area contributed by atoms with Crippen molar-refractivity contribution >= 4 is 27.4 Å². The van der Waals surface area contributed by atoms with E-state index in [1.165, 1.54) is 36.0 Å². The molecule has 0 saturated carbocycles. The highest BCUT2D eigenvalue weighted by molar-refractivity contribution is 7.92. The molecule has 1 amide bonds. The van der Waals surface area contributed by atoms with Crippen LogP contribution in [0.2, 0.25) is 0 Å². The average Bonchev–Trinajstić information content (AvgIpc) is 2.74. The zero-order valence-electron chi connectivity index (χ0n) is 18.5. The van der Waals surface area contributed by atoms with Crippen molar-refractivity contribution in [2.45, 2.75) is 44.6 Å². The average molecular weight is 454 g/mol. The number of aromatic nitrogens is 1. The molecule has 0 spiro atoms. The van der Waals surface area contributed by atoms with E-state index in [0.717, 1.165) is 5.56 Å². The second kappa shape index (κ2) is 9.82. The van der Waals surface area contributed by atoms with E-state index >= 15 is 0 Å². The van der Waals surface area contributed by atoms with Gasteiger partial charge in [0, 0.05) is 11.9 Å². The number of carbonyl (C=O) groups is 1. The van der Waals surface area contributed by atoms with Crippen molar-refractivity contribution in [1.82, 2.24) is 4.98 Å². The van der Waals surface area contributed by atoms with Gasteiger partial charge in [-0.15, -0.1) is 0 Å². The van der Waals surface area contributed by atoms with Crippen molar-refractivity contribution in [2.75, 3.05) is 10.0 Å². The Bertz CT molecular complexity index is 1180. The number of nitrogens with one attached hydrogen (secondary N) is 2. The summed E-state index contributed by atoms with van der Waals surface area (Å²) in [5.41, 5.74) is 2.82. The Morgan fingerprint density at radius 1 is 1.00 bits per heavy atom. The van der Waals surface area contributed by atoms with Crippen LogP contribution in [0.25, 0.3) is 0 Å². The number of anilines is 2. The Kier molecular flexibility index (Phi) is 7.15. The van der Waals surface area contributed by atoms with E-state index in [1.807, 2.05) is 25.1 Å². The third kappa shape index (κ3) is 5.85. The number of benzene rings is 2. The van der Waals surface area contributed by atoms with Crippen molar-refractivity contribution in [3.8, 4) is 5.75 Å². The van der Waals surface area contributed by atoms with E-state index in [4.69, 9.17) is 4.74 Å². The first-order valence-electron chi connectivity index (χ1n) is 10.3. The standard InChI is InChI=1S/C24H27N3O4S/c1-16(2)22-13-10-20(15-17(22)3)31-18(4)24(28)26-19-8-11-21(12-9-19)32(29,30)27-23-7-5-6-14-25-23/h5-16,18H,1-4H3,(H,25,27)(H,26,28). The molecule has 2 aromatic carbocycles. The Hall–Kier alpha value is -3.39. The van der Waals surface area contributed by atoms with Gasteiger partial charge in [-0.25, -0.2) is 13.4 Å². The number of hydrogen-bond acceptors (Lipinski definition) is 5.